The van der Waals surface area contributed by atoms with E-state index in [4.69, 9.17) is 4.74 Å². The predicted octanol–water partition coefficient (Wildman–Crippen LogP) is 4.99. The van der Waals surface area contributed by atoms with Gasteiger partial charge >= 0.3 is 0 Å². The molecule has 5 nitrogen and oxygen atoms in total. The van der Waals surface area contributed by atoms with E-state index in [9.17, 15) is 5.21 Å². The lowest BCUT2D eigenvalue weighted by atomic mass is 9.82. The van der Waals surface area contributed by atoms with Crippen LogP contribution in [-0.4, -0.2) is 43.2 Å². The van der Waals surface area contributed by atoms with Gasteiger partial charge in [0.25, 0.3) is 0 Å². The maximum atomic E-state index is 10.0. The van der Waals surface area contributed by atoms with E-state index in [1.165, 1.54) is 5.56 Å². The Kier molecular flexibility index (Phi) is 7.79. The van der Waals surface area contributed by atoms with Crippen LogP contribution in [0.3, 0.4) is 0 Å². The number of likely N-dealkylation sites (N-methyl/N-ethyl adjacent to an activating group) is 1. The zero-order valence-electron chi connectivity index (χ0n) is 18.7. The van der Waals surface area contributed by atoms with Crippen LogP contribution < -0.4 is 4.90 Å². The zero-order valence-corrected chi connectivity index (χ0v) is 18.7. The molecule has 0 saturated carbocycles. The third-order valence-corrected chi connectivity index (χ3v) is 5.61. The standard InChI is InChI=1S/C26H31N3O2/c1-19-7-5-6-8-24(19)26(25(28-30)18-21-13-14-27-20(2)17-21)22-9-11-23(12-10-22)29(3)15-16-31-4/h5-14,17,26,30H,15-16,18H2,1-4H3/b28-25-/t26-/m1/s1. The maximum Gasteiger partial charge on any atom is 0.0733 e. The Hall–Kier alpha value is -3.18. The third-order valence-electron chi connectivity index (χ3n) is 5.61. The molecule has 0 saturated heterocycles. The first kappa shape index (κ1) is 22.5. The first-order valence-electron chi connectivity index (χ1n) is 10.5. The normalized spacial score (nSPS) is 12.6. The highest BCUT2D eigenvalue weighted by atomic mass is 16.5. The quantitative estimate of drug-likeness (QED) is 0.303. The average molecular weight is 418 g/mol. The van der Waals surface area contributed by atoms with Gasteiger partial charge in [0.05, 0.1) is 18.2 Å². The number of pyridine rings is 1. The van der Waals surface area contributed by atoms with Gasteiger partial charge in [-0.15, -0.1) is 0 Å². The highest BCUT2D eigenvalue weighted by Gasteiger charge is 2.23. The Morgan fingerprint density at radius 1 is 1.10 bits per heavy atom. The summed E-state index contributed by atoms with van der Waals surface area (Å²) in [5.41, 5.74) is 7.26. The molecule has 5 heteroatoms. The molecule has 0 radical (unpaired) electrons. The number of methoxy groups -OCH3 is 1. The monoisotopic (exact) mass is 417 g/mol. The number of aryl methyl sites for hydroxylation is 2. The largest absolute Gasteiger partial charge is 0.411 e. The van der Waals surface area contributed by atoms with Gasteiger partial charge in [0, 0.05) is 44.7 Å². The Morgan fingerprint density at radius 2 is 1.84 bits per heavy atom. The topological polar surface area (TPSA) is 58.0 Å². The number of nitrogens with zero attached hydrogens (tertiary/aromatic N) is 3. The van der Waals surface area contributed by atoms with Crippen LogP contribution >= 0.6 is 0 Å². The molecule has 1 aromatic heterocycles. The fourth-order valence-corrected chi connectivity index (χ4v) is 3.86. The lowest BCUT2D eigenvalue weighted by Crippen LogP contribution is -2.22. The third kappa shape index (κ3) is 5.70. The van der Waals surface area contributed by atoms with Crippen molar-refractivity contribution in [3.8, 4) is 0 Å². The molecule has 0 aliphatic heterocycles. The van der Waals surface area contributed by atoms with Crippen LogP contribution in [0.5, 0.6) is 0 Å². The summed E-state index contributed by atoms with van der Waals surface area (Å²) in [6, 6.07) is 20.8. The number of aromatic nitrogens is 1. The number of oxime groups is 1. The van der Waals surface area contributed by atoms with Gasteiger partial charge in [-0.25, -0.2) is 0 Å². The van der Waals surface area contributed by atoms with Gasteiger partial charge in [-0.1, -0.05) is 41.6 Å². The van der Waals surface area contributed by atoms with Crippen LogP contribution in [-0.2, 0) is 11.2 Å². The molecule has 31 heavy (non-hydrogen) atoms. The molecule has 1 heterocycles. The summed E-state index contributed by atoms with van der Waals surface area (Å²) in [7, 11) is 3.77. The summed E-state index contributed by atoms with van der Waals surface area (Å²) < 4.78 is 5.19. The van der Waals surface area contributed by atoms with Crippen LogP contribution in [0, 0.1) is 13.8 Å². The minimum atomic E-state index is -0.141. The molecule has 0 aliphatic carbocycles. The molecular formula is C26H31N3O2. The van der Waals surface area contributed by atoms with E-state index in [1.54, 1.807) is 13.3 Å². The summed E-state index contributed by atoms with van der Waals surface area (Å²) in [5.74, 6) is -0.141. The summed E-state index contributed by atoms with van der Waals surface area (Å²) in [6.45, 7) is 5.57. The first-order chi connectivity index (χ1) is 15.0. The second kappa shape index (κ2) is 10.7. The van der Waals surface area contributed by atoms with E-state index in [1.807, 2.05) is 31.2 Å². The van der Waals surface area contributed by atoms with Crippen molar-refractivity contribution in [3.63, 3.8) is 0 Å². The summed E-state index contributed by atoms with van der Waals surface area (Å²) in [5, 5.41) is 13.8. The Balaban J connectivity index is 1.98. The van der Waals surface area contributed by atoms with E-state index in [2.05, 4.69) is 65.4 Å². The van der Waals surface area contributed by atoms with Crippen LogP contribution in [0.1, 0.15) is 33.9 Å². The molecule has 1 N–H and O–H groups in total. The minimum absolute atomic E-state index is 0.141. The fourth-order valence-electron chi connectivity index (χ4n) is 3.86. The van der Waals surface area contributed by atoms with Crippen LogP contribution in [0.4, 0.5) is 5.69 Å². The SMILES string of the molecule is COCCN(C)c1ccc([C@@H](/C(Cc2ccnc(C)c2)=N\O)c2ccccc2C)cc1. The van der Waals surface area contributed by atoms with Crippen LogP contribution in [0.25, 0.3) is 0 Å². The van der Waals surface area contributed by atoms with Gasteiger partial charge in [-0.2, -0.15) is 0 Å². The molecule has 3 aromatic rings. The van der Waals surface area contributed by atoms with Crippen molar-refractivity contribution in [1.82, 2.24) is 4.98 Å². The number of hydrogen-bond acceptors (Lipinski definition) is 5. The summed E-state index contributed by atoms with van der Waals surface area (Å²) in [4.78, 5) is 6.44. The summed E-state index contributed by atoms with van der Waals surface area (Å²) in [6.07, 6.45) is 2.35. The average Bonchev–Trinajstić information content (AvgIpc) is 2.78. The molecule has 3 rings (SSSR count). The van der Waals surface area contributed by atoms with Crippen molar-refractivity contribution in [2.75, 3.05) is 32.2 Å². The molecule has 0 spiro atoms. The van der Waals surface area contributed by atoms with E-state index in [0.29, 0.717) is 18.7 Å². The van der Waals surface area contributed by atoms with Gasteiger partial charge in [0.1, 0.15) is 0 Å². The molecule has 0 fully saturated rings. The fraction of sp³-hybridized carbons (Fsp3) is 0.308. The Bertz CT molecular complexity index is 1020. The molecule has 162 valence electrons. The molecule has 0 bridgehead atoms. The number of anilines is 1. The molecule has 2 aromatic carbocycles. The van der Waals surface area contributed by atoms with Crippen molar-refractivity contribution in [1.29, 1.82) is 0 Å². The zero-order chi connectivity index (χ0) is 22.2. The van der Waals surface area contributed by atoms with Crippen molar-refractivity contribution in [3.05, 3.63) is 94.8 Å². The second-order valence-corrected chi connectivity index (χ2v) is 7.87. The molecule has 0 unspecified atom stereocenters. The number of benzene rings is 2. The Morgan fingerprint density at radius 3 is 2.48 bits per heavy atom. The van der Waals surface area contributed by atoms with Gasteiger partial charge < -0.3 is 14.8 Å². The van der Waals surface area contributed by atoms with Crippen LogP contribution in [0.2, 0.25) is 0 Å². The summed E-state index contributed by atoms with van der Waals surface area (Å²) >= 11 is 0. The Labute approximate surface area is 185 Å². The molecule has 1 atom stereocenters. The highest BCUT2D eigenvalue weighted by molar-refractivity contribution is 5.95. The van der Waals surface area contributed by atoms with Crippen molar-refractivity contribution >= 4 is 11.4 Å². The smallest absolute Gasteiger partial charge is 0.0733 e. The van der Waals surface area contributed by atoms with E-state index in [0.717, 1.165) is 34.6 Å². The van der Waals surface area contributed by atoms with Crippen molar-refractivity contribution in [2.24, 2.45) is 5.16 Å². The predicted molar refractivity (Wildman–Crippen MR) is 127 cm³/mol. The molecule has 0 aliphatic rings. The second-order valence-electron chi connectivity index (χ2n) is 7.87. The van der Waals surface area contributed by atoms with Crippen LogP contribution in [0.15, 0.2) is 72.0 Å². The molecule has 0 amide bonds. The molecular weight excluding hydrogens is 386 g/mol. The van der Waals surface area contributed by atoms with E-state index >= 15 is 0 Å². The van der Waals surface area contributed by atoms with Crippen molar-refractivity contribution in [2.45, 2.75) is 26.2 Å². The number of ether oxygens (including phenoxy) is 1. The van der Waals surface area contributed by atoms with Gasteiger partial charge in [0.2, 0.25) is 0 Å². The first-order valence-corrected chi connectivity index (χ1v) is 10.5. The van der Waals surface area contributed by atoms with E-state index < -0.39 is 0 Å². The lowest BCUT2D eigenvalue weighted by Gasteiger charge is -2.23. The number of rotatable bonds is 9. The number of hydrogen-bond donors (Lipinski definition) is 1. The van der Waals surface area contributed by atoms with Gasteiger partial charge in [-0.3, -0.25) is 4.98 Å². The lowest BCUT2D eigenvalue weighted by molar-refractivity contribution is 0.206. The van der Waals surface area contributed by atoms with Gasteiger partial charge in [0.15, 0.2) is 0 Å². The van der Waals surface area contributed by atoms with Crippen molar-refractivity contribution < 1.29 is 9.94 Å². The highest BCUT2D eigenvalue weighted by Crippen LogP contribution is 2.31. The maximum absolute atomic E-state index is 10.0. The minimum Gasteiger partial charge on any atom is -0.411 e. The van der Waals surface area contributed by atoms with E-state index in [-0.39, 0.29) is 5.92 Å². The van der Waals surface area contributed by atoms with Gasteiger partial charge in [-0.05, 0) is 60.4 Å².